The molecule has 2 saturated heterocycles. The average molecular weight is 983 g/mol. The first-order valence-electron chi connectivity index (χ1n) is 23.4. The minimum atomic E-state index is -1.69. The minimum absolute atomic E-state index is 0.0553. The highest BCUT2D eigenvalue weighted by Crippen LogP contribution is 2.67. The van der Waals surface area contributed by atoms with Crippen molar-refractivity contribution in [2.24, 2.45) is 40.4 Å². The summed E-state index contributed by atoms with van der Waals surface area (Å²) in [6.45, 7) is 10.2. The van der Waals surface area contributed by atoms with Gasteiger partial charge in [-0.15, -0.1) is 0 Å². The van der Waals surface area contributed by atoms with Gasteiger partial charge in [-0.1, -0.05) is 13.8 Å². The molecule has 22 nitrogen and oxygen atoms in total. The second kappa shape index (κ2) is 21.7. The Hall–Kier alpha value is -4.77. The Labute approximate surface area is 399 Å². The molecule has 0 aromatic carbocycles. The van der Waals surface area contributed by atoms with Crippen LogP contribution in [0.1, 0.15) is 107 Å². The van der Waals surface area contributed by atoms with E-state index in [1.165, 1.54) is 0 Å². The number of ether oxygens (including phenoxy) is 12. The Morgan fingerprint density at radius 3 is 1.52 bits per heavy atom. The lowest BCUT2D eigenvalue weighted by Crippen LogP contribution is -2.64. The smallest absolute Gasteiger partial charge is 0.339 e. The normalized spacial score (nSPS) is 40.2. The van der Waals surface area contributed by atoms with Crippen LogP contribution >= 0.6 is 0 Å². The first kappa shape index (κ1) is 53.6. The summed E-state index contributed by atoms with van der Waals surface area (Å²) in [5.41, 5.74) is -0.986. The maximum atomic E-state index is 14.3. The van der Waals surface area contributed by atoms with Crippen molar-refractivity contribution in [3.63, 3.8) is 0 Å². The molecule has 0 aromatic heterocycles. The van der Waals surface area contributed by atoms with E-state index in [1.54, 1.807) is 0 Å². The maximum Gasteiger partial charge on any atom is 0.339 e. The Morgan fingerprint density at radius 1 is 0.565 bits per heavy atom. The van der Waals surface area contributed by atoms with E-state index >= 15 is 0 Å². The molecule has 2 heterocycles. The minimum Gasteiger partial charge on any atom is -0.467 e. The van der Waals surface area contributed by atoms with E-state index in [4.69, 9.17) is 56.8 Å². The van der Waals surface area contributed by atoms with Gasteiger partial charge in [0.05, 0.1) is 26.4 Å². The van der Waals surface area contributed by atoms with Crippen LogP contribution in [0.3, 0.4) is 0 Å². The van der Waals surface area contributed by atoms with Crippen LogP contribution in [0.15, 0.2) is 0 Å². The van der Waals surface area contributed by atoms with Gasteiger partial charge in [-0.3, -0.25) is 33.6 Å². The molecule has 6 fully saturated rings. The number of esters is 8. The summed E-state index contributed by atoms with van der Waals surface area (Å²) in [6.07, 6.45) is -12.1. The summed E-state index contributed by atoms with van der Waals surface area (Å²) in [7, 11) is 2.18. The fourth-order valence-electron chi connectivity index (χ4n) is 12.9. The Morgan fingerprint density at radius 2 is 1.03 bits per heavy atom. The predicted molar refractivity (Wildman–Crippen MR) is 227 cm³/mol. The largest absolute Gasteiger partial charge is 0.467 e. The summed E-state index contributed by atoms with van der Waals surface area (Å²) in [6, 6.07) is 0. The van der Waals surface area contributed by atoms with Crippen molar-refractivity contribution in [1.29, 1.82) is 0 Å². The summed E-state index contributed by atoms with van der Waals surface area (Å²) in [5.74, 6) is -7.70. The molecule has 69 heavy (non-hydrogen) atoms. The fraction of sp³-hybridized carbons (Fsp3) is 0.809. The van der Waals surface area contributed by atoms with Crippen LogP contribution in [0.25, 0.3) is 0 Å². The molecule has 0 spiro atoms. The van der Waals surface area contributed by atoms with Crippen molar-refractivity contribution >= 4 is 53.5 Å². The number of carbonyl (C=O) groups excluding carboxylic acids is 9. The molecular formula is C47H66O22. The quantitative estimate of drug-likeness (QED) is 0.148. The van der Waals surface area contributed by atoms with Crippen molar-refractivity contribution in [2.75, 3.05) is 20.8 Å². The lowest BCUT2D eigenvalue weighted by Gasteiger charge is -2.62. The van der Waals surface area contributed by atoms with Crippen LogP contribution in [-0.2, 0) is 100.0 Å². The van der Waals surface area contributed by atoms with Gasteiger partial charge in [0, 0.05) is 47.5 Å². The number of rotatable bonds is 14. The Balaban J connectivity index is 1.16. The van der Waals surface area contributed by atoms with E-state index in [0.29, 0.717) is 38.5 Å². The summed E-state index contributed by atoms with van der Waals surface area (Å²) in [5, 5.41) is 12.3. The number of aliphatic hydroxyl groups excluding tert-OH is 1. The van der Waals surface area contributed by atoms with E-state index in [2.05, 4.69) is 6.92 Å². The third-order valence-corrected chi connectivity index (χ3v) is 15.3. The third-order valence-electron chi connectivity index (χ3n) is 15.3. The fourth-order valence-corrected chi connectivity index (χ4v) is 12.9. The van der Waals surface area contributed by atoms with Crippen LogP contribution in [0, 0.1) is 40.4 Å². The lowest BCUT2D eigenvalue weighted by molar-refractivity contribution is -0.315. The van der Waals surface area contributed by atoms with Crippen molar-refractivity contribution in [3.8, 4) is 0 Å². The molecule has 6 rings (SSSR count). The number of fused-ring (bicyclic) bond motifs is 5. The zero-order valence-corrected chi connectivity index (χ0v) is 40.7. The molecule has 0 bridgehead atoms. The molecule has 0 aromatic rings. The second-order valence-electron chi connectivity index (χ2n) is 19.6. The molecule has 1 N–H and O–H groups in total. The zero-order chi connectivity index (χ0) is 50.9. The number of hydrogen-bond acceptors (Lipinski definition) is 22. The van der Waals surface area contributed by atoms with Crippen molar-refractivity contribution < 1.29 is 105 Å². The van der Waals surface area contributed by atoms with Crippen LogP contribution < -0.4 is 0 Å². The average Bonchev–Trinajstić information content (AvgIpc) is 3.61. The van der Waals surface area contributed by atoms with E-state index < -0.39 is 139 Å². The number of carbonyl (C=O) groups is 9. The topological polar surface area (TPSA) is 285 Å². The van der Waals surface area contributed by atoms with Gasteiger partial charge in [0.15, 0.2) is 67.2 Å². The molecule has 6 aliphatic rings. The standard InChI is InChI=1S/C47H66O22/c1-20(48)61-34-36(63-22(3)50)40(65-24(5)52)44(68-38(34)42(56)58-9)60-19-32(55)30-14-13-29-28-12-11-26-17-27(15-16-46(26,7)33(28)31(54)18-47(29,30)8)67-45-41(66-25(6)53)37(64-23(4)51)35(62-21(2)49)39(69-45)43(57)59-10/h26-31,33-41,44-45,54H,11-19H2,1-10H3/t26-,27-,28-,29+,30-,31-,33-,34-,35+,36-,37+,38+,39-,40+,41-,44+,45-,46-,47-/m1/s1. The molecule has 386 valence electrons. The van der Waals surface area contributed by atoms with E-state index in [0.717, 1.165) is 68.6 Å². The molecule has 0 amide bonds. The van der Waals surface area contributed by atoms with Gasteiger partial charge in [-0.25, -0.2) is 9.59 Å². The van der Waals surface area contributed by atoms with E-state index in [1.807, 2.05) is 6.92 Å². The second-order valence-corrected chi connectivity index (χ2v) is 19.6. The predicted octanol–water partition coefficient (Wildman–Crippen LogP) is 1.97. The zero-order valence-electron chi connectivity index (χ0n) is 40.7. The molecule has 0 unspecified atom stereocenters. The highest BCUT2D eigenvalue weighted by molar-refractivity contribution is 5.83. The highest BCUT2D eigenvalue weighted by atomic mass is 16.8. The Bertz CT molecular complexity index is 1990. The summed E-state index contributed by atoms with van der Waals surface area (Å²) < 4.78 is 67.0. The monoisotopic (exact) mass is 982 g/mol. The van der Waals surface area contributed by atoms with Crippen LogP contribution in [0.5, 0.6) is 0 Å². The summed E-state index contributed by atoms with van der Waals surface area (Å²) in [4.78, 5) is 114. The molecule has 22 heteroatoms. The third kappa shape index (κ3) is 11.2. The van der Waals surface area contributed by atoms with Crippen LogP contribution in [0.4, 0.5) is 0 Å². The van der Waals surface area contributed by atoms with E-state index in [9.17, 15) is 48.3 Å². The van der Waals surface area contributed by atoms with Crippen LogP contribution in [0.2, 0.25) is 0 Å². The number of Topliss-reactive ketones (excluding diaryl/α,β-unsaturated/α-hetero) is 1. The molecular weight excluding hydrogens is 916 g/mol. The maximum absolute atomic E-state index is 14.3. The number of aliphatic hydroxyl groups is 1. The van der Waals surface area contributed by atoms with Gasteiger partial charge in [0.2, 0.25) is 0 Å². The van der Waals surface area contributed by atoms with E-state index in [-0.39, 0.29) is 34.9 Å². The van der Waals surface area contributed by atoms with Gasteiger partial charge < -0.3 is 61.9 Å². The number of ketones is 1. The van der Waals surface area contributed by atoms with Crippen molar-refractivity contribution in [3.05, 3.63) is 0 Å². The molecule has 19 atom stereocenters. The molecule has 4 aliphatic carbocycles. The summed E-state index contributed by atoms with van der Waals surface area (Å²) >= 11 is 0. The molecule has 2 aliphatic heterocycles. The van der Waals surface area contributed by atoms with Gasteiger partial charge in [0.1, 0.15) is 6.61 Å². The lowest BCUT2D eigenvalue weighted by atomic mass is 9.44. The van der Waals surface area contributed by atoms with Gasteiger partial charge >= 0.3 is 47.8 Å². The number of hydrogen-bond donors (Lipinski definition) is 1. The first-order valence-corrected chi connectivity index (χ1v) is 23.4. The van der Waals surface area contributed by atoms with Crippen LogP contribution in [-0.4, -0.2) is 153 Å². The first-order chi connectivity index (χ1) is 32.4. The van der Waals surface area contributed by atoms with Crippen molar-refractivity contribution in [1.82, 2.24) is 0 Å². The SMILES string of the molecule is COC(=O)[C@H]1O[C@H](OCC(=O)[C@H]2CC[C@H]3[C@H]4CC[C@@H]5C[C@H](O[C@@H]6O[C@@H](C(=O)OC)[C@@H](OC(C)=O)[C@H](OC(C)=O)[C@H]6OC(C)=O)CC[C@@]5(C)[C@H]4[C@H](O)C[C@@]23C)[C@@H](OC(C)=O)[C@H](OC(C)=O)[C@H]1OC(C)=O. The van der Waals surface area contributed by atoms with Gasteiger partial charge in [-0.2, -0.15) is 0 Å². The Kier molecular flexibility index (Phi) is 16.8. The number of methoxy groups -OCH3 is 2. The van der Waals surface area contributed by atoms with Gasteiger partial charge in [-0.05, 0) is 85.9 Å². The highest BCUT2D eigenvalue weighted by Gasteiger charge is 2.65. The van der Waals surface area contributed by atoms with Gasteiger partial charge in [0.25, 0.3) is 0 Å². The van der Waals surface area contributed by atoms with Crippen molar-refractivity contribution in [2.45, 2.75) is 180 Å². The molecule has 0 radical (unpaired) electrons. The molecule has 4 saturated carbocycles.